The van der Waals surface area contributed by atoms with Crippen LogP contribution in [-0.2, 0) is 29.2 Å². The minimum Gasteiger partial charge on any atom is -0.379 e. The fraction of sp³-hybridized carbons (Fsp3) is 0.318. The molecule has 5 rings (SSSR count). The summed E-state index contributed by atoms with van der Waals surface area (Å²) in [6.45, 7) is 4.63. The Kier molecular flexibility index (Phi) is 4.94. The molecule has 0 bridgehead atoms. The predicted molar refractivity (Wildman–Crippen MR) is 114 cm³/mol. The molecule has 1 fully saturated rings. The second-order valence-corrected chi connectivity index (χ2v) is 7.56. The maximum absolute atomic E-state index is 11.7. The van der Waals surface area contributed by atoms with Gasteiger partial charge in [-0.05, 0) is 24.3 Å². The van der Waals surface area contributed by atoms with Crippen LogP contribution in [0.25, 0.3) is 22.1 Å². The minimum absolute atomic E-state index is 0.0985. The summed E-state index contributed by atoms with van der Waals surface area (Å²) < 4.78 is 9.59. The zero-order chi connectivity index (χ0) is 20.5. The van der Waals surface area contributed by atoms with Crippen molar-refractivity contribution in [2.75, 3.05) is 26.3 Å². The van der Waals surface area contributed by atoms with Crippen LogP contribution < -0.4 is 5.73 Å². The second kappa shape index (κ2) is 7.89. The lowest BCUT2D eigenvalue weighted by Gasteiger charge is -2.26. The zero-order valence-electron chi connectivity index (χ0n) is 16.7. The van der Waals surface area contributed by atoms with E-state index in [2.05, 4.69) is 15.5 Å². The van der Waals surface area contributed by atoms with Crippen LogP contribution in [0.4, 0.5) is 0 Å². The molecular formula is C22H24N6O2. The van der Waals surface area contributed by atoms with E-state index in [9.17, 15) is 4.79 Å². The van der Waals surface area contributed by atoms with Crippen molar-refractivity contribution in [2.24, 2.45) is 5.73 Å². The van der Waals surface area contributed by atoms with Gasteiger partial charge in [-0.2, -0.15) is 0 Å². The van der Waals surface area contributed by atoms with E-state index in [-0.39, 0.29) is 12.5 Å². The first kappa shape index (κ1) is 18.8. The summed E-state index contributed by atoms with van der Waals surface area (Å²) in [7, 11) is 0. The summed E-state index contributed by atoms with van der Waals surface area (Å²) in [5.74, 6) is 1.39. The molecule has 0 aliphatic carbocycles. The lowest BCUT2D eigenvalue weighted by molar-refractivity contribution is -0.118. The Hall–Kier alpha value is -3.23. The molecule has 2 N–H and O–H groups in total. The molecule has 154 valence electrons. The Labute approximate surface area is 173 Å². The van der Waals surface area contributed by atoms with Crippen LogP contribution in [0, 0.1) is 0 Å². The second-order valence-electron chi connectivity index (χ2n) is 7.56. The summed E-state index contributed by atoms with van der Waals surface area (Å²) in [4.78, 5) is 23.8. The Morgan fingerprint density at radius 2 is 1.43 bits per heavy atom. The molecule has 30 heavy (non-hydrogen) atoms. The molecule has 3 heterocycles. The van der Waals surface area contributed by atoms with Crippen molar-refractivity contribution in [3.8, 4) is 0 Å². The normalized spacial score (nSPS) is 15.2. The maximum atomic E-state index is 11.7. The molecule has 0 radical (unpaired) electrons. The molecule has 0 saturated carbocycles. The molecule has 1 aliphatic heterocycles. The third kappa shape index (κ3) is 3.55. The van der Waals surface area contributed by atoms with Crippen LogP contribution in [0.3, 0.4) is 0 Å². The first-order valence-corrected chi connectivity index (χ1v) is 10.2. The number of ether oxygens (including phenoxy) is 1. The molecule has 8 heteroatoms. The molecule has 1 aliphatic rings. The molecule has 0 atom stereocenters. The first-order chi connectivity index (χ1) is 14.7. The Balaban J connectivity index is 1.58. The Morgan fingerprint density at radius 1 is 0.867 bits per heavy atom. The number of aromatic nitrogens is 4. The molecule has 0 unspecified atom stereocenters. The van der Waals surface area contributed by atoms with Crippen molar-refractivity contribution in [3.63, 3.8) is 0 Å². The van der Waals surface area contributed by atoms with Crippen LogP contribution in [0.1, 0.15) is 11.6 Å². The van der Waals surface area contributed by atoms with Crippen molar-refractivity contribution in [1.29, 1.82) is 0 Å². The summed E-state index contributed by atoms with van der Waals surface area (Å²) >= 11 is 0. The Morgan fingerprint density at radius 3 is 2.07 bits per heavy atom. The van der Waals surface area contributed by atoms with Crippen molar-refractivity contribution < 1.29 is 9.53 Å². The number of morpholine rings is 1. The first-order valence-electron chi connectivity index (χ1n) is 10.2. The quantitative estimate of drug-likeness (QED) is 0.529. The van der Waals surface area contributed by atoms with E-state index in [4.69, 9.17) is 20.4 Å². The summed E-state index contributed by atoms with van der Waals surface area (Å²) in [6.07, 6.45) is 0. The summed E-state index contributed by atoms with van der Waals surface area (Å²) in [5.41, 5.74) is 9.31. The highest BCUT2D eigenvalue weighted by atomic mass is 16.5. The molecule has 2 aromatic heterocycles. The average molecular weight is 404 g/mol. The van der Waals surface area contributed by atoms with E-state index in [0.717, 1.165) is 66.6 Å². The van der Waals surface area contributed by atoms with Gasteiger partial charge in [0.15, 0.2) is 0 Å². The van der Waals surface area contributed by atoms with Gasteiger partial charge in [-0.25, -0.2) is 9.97 Å². The molecule has 1 saturated heterocycles. The molecule has 2 aromatic carbocycles. The molecule has 0 spiro atoms. The monoisotopic (exact) mass is 404 g/mol. The third-order valence-corrected chi connectivity index (χ3v) is 5.55. The van der Waals surface area contributed by atoms with Crippen LogP contribution in [0.5, 0.6) is 0 Å². The number of rotatable bonds is 6. The third-order valence-electron chi connectivity index (χ3n) is 5.55. The van der Waals surface area contributed by atoms with Gasteiger partial charge in [-0.3, -0.25) is 9.69 Å². The number of benzene rings is 2. The summed E-state index contributed by atoms with van der Waals surface area (Å²) in [5, 5.41) is 0. The molecule has 8 nitrogen and oxygen atoms in total. The highest BCUT2D eigenvalue weighted by Gasteiger charge is 2.19. The highest BCUT2D eigenvalue weighted by Crippen LogP contribution is 2.22. The highest BCUT2D eigenvalue weighted by molar-refractivity contribution is 5.80. The van der Waals surface area contributed by atoms with E-state index in [0.29, 0.717) is 6.54 Å². The van der Waals surface area contributed by atoms with Gasteiger partial charge >= 0.3 is 0 Å². The number of hydrogen-bond donors (Lipinski definition) is 1. The van der Waals surface area contributed by atoms with Crippen molar-refractivity contribution >= 4 is 28.0 Å². The number of fused-ring (bicyclic) bond motifs is 2. The average Bonchev–Trinajstić information content (AvgIpc) is 3.27. The minimum atomic E-state index is -0.386. The topological polar surface area (TPSA) is 91.2 Å². The fourth-order valence-corrected chi connectivity index (χ4v) is 4.10. The number of hydrogen-bond acceptors (Lipinski definition) is 5. The van der Waals surface area contributed by atoms with Gasteiger partial charge in [0.05, 0.1) is 48.4 Å². The number of imidazole rings is 2. The van der Waals surface area contributed by atoms with Gasteiger partial charge in [-0.1, -0.05) is 24.3 Å². The van der Waals surface area contributed by atoms with Crippen LogP contribution >= 0.6 is 0 Å². The SMILES string of the molecule is NC(=O)Cn1c(Cn2c(CN3CCOCC3)nc3ccccc32)nc2ccccc21. The van der Waals surface area contributed by atoms with Crippen molar-refractivity contribution in [2.45, 2.75) is 19.6 Å². The molecular weight excluding hydrogens is 380 g/mol. The van der Waals surface area contributed by atoms with E-state index in [1.165, 1.54) is 0 Å². The van der Waals surface area contributed by atoms with E-state index < -0.39 is 0 Å². The van der Waals surface area contributed by atoms with Crippen molar-refractivity contribution in [3.05, 3.63) is 60.2 Å². The number of carbonyl (C=O) groups excluding carboxylic acids is 1. The van der Waals surface area contributed by atoms with Gasteiger partial charge in [0.25, 0.3) is 0 Å². The van der Waals surface area contributed by atoms with Crippen LogP contribution in [-0.4, -0.2) is 56.2 Å². The summed E-state index contributed by atoms with van der Waals surface area (Å²) in [6, 6.07) is 15.9. The van der Waals surface area contributed by atoms with Gasteiger partial charge in [0.1, 0.15) is 18.2 Å². The van der Waals surface area contributed by atoms with Crippen LogP contribution in [0.2, 0.25) is 0 Å². The maximum Gasteiger partial charge on any atom is 0.237 e. The number of carbonyl (C=O) groups is 1. The zero-order valence-corrected chi connectivity index (χ0v) is 16.7. The standard InChI is InChI=1S/C22H24N6O2/c23-20(29)13-27-18-7-3-1-5-16(18)25-22(27)15-28-19-8-4-2-6-17(19)24-21(28)14-26-9-11-30-12-10-26/h1-8H,9-15H2,(H2,23,29). The van der Waals surface area contributed by atoms with Gasteiger partial charge in [0, 0.05) is 13.1 Å². The smallest absolute Gasteiger partial charge is 0.237 e. The fourth-order valence-electron chi connectivity index (χ4n) is 4.10. The Bertz CT molecular complexity index is 1210. The lowest BCUT2D eigenvalue weighted by Crippen LogP contribution is -2.36. The number of primary amides is 1. The van der Waals surface area contributed by atoms with Gasteiger partial charge in [-0.15, -0.1) is 0 Å². The van der Waals surface area contributed by atoms with Gasteiger partial charge in [0.2, 0.25) is 5.91 Å². The molecule has 1 amide bonds. The lowest BCUT2D eigenvalue weighted by atomic mass is 10.3. The number of para-hydroxylation sites is 4. The van der Waals surface area contributed by atoms with Crippen LogP contribution in [0.15, 0.2) is 48.5 Å². The molecule has 4 aromatic rings. The van der Waals surface area contributed by atoms with Gasteiger partial charge < -0.3 is 19.6 Å². The van der Waals surface area contributed by atoms with E-state index in [1.54, 1.807) is 0 Å². The van der Waals surface area contributed by atoms with E-state index >= 15 is 0 Å². The largest absolute Gasteiger partial charge is 0.379 e. The number of nitrogens with two attached hydrogens (primary N) is 1. The van der Waals surface area contributed by atoms with Crippen molar-refractivity contribution in [1.82, 2.24) is 24.0 Å². The number of amides is 1. The van der Waals surface area contributed by atoms with E-state index in [1.807, 2.05) is 47.0 Å². The predicted octanol–water partition coefficient (Wildman–Crippen LogP) is 1.75. The number of nitrogens with zero attached hydrogens (tertiary/aromatic N) is 5.